The lowest BCUT2D eigenvalue weighted by atomic mass is 9.74. The number of nitrogens with zero attached hydrogens (tertiary/aromatic N) is 3. The zero-order valence-electron chi connectivity index (χ0n) is 20.4. The van der Waals surface area contributed by atoms with Gasteiger partial charge in [0.1, 0.15) is 5.54 Å². The summed E-state index contributed by atoms with van der Waals surface area (Å²) in [5.41, 5.74) is 2.61. The number of urea groups is 1. The Hall–Kier alpha value is -2.74. The molecular weight excluding hydrogens is 460 g/mol. The average Bonchev–Trinajstić information content (AvgIpc) is 3.42. The summed E-state index contributed by atoms with van der Waals surface area (Å²) in [5.74, 6) is 0.0531. The van der Waals surface area contributed by atoms with Gasteiger partial charge < -0.3 is 10.2 Å². The van der Waals surface area contributed by atoms with Crippen molar-refractivity contribution in [2.24, 2.45) is 5.92 Å². The number of nitrogens with one attached hydrogen (secondary N) is 1. The summed E-state index contributed by atoms with van der Waals surface area (Å²) < 4.78 is 0. The first-order valence-electron chi connectivity index (χ1n) is 13.0. The molecule has 4 heterocycles. The van der Waals surface area contributed by atoms with Gasteiger partial charge in [-0.15, -0.1) is 11.3 Å². The Morgan fingerprint density at radius 2 is 2.00 bits per heavy atom. The molecule has 0 unspecified atom stereocenters. The minimum Gasteiger partial charge on any atom is -0.338 e. The lowest BCUT2D eigenvalue weighted by molar-refractivity contribution is -0.134. The Morgan fingerprint density at radius 1 is 1.20 bits per heavy atom. The van der Waals surface area contributed by atoms with Crippen molar-refractivity contribution in [2.75, 3.05) is 19.6 Å². The van der Waals surface area contributed by atoms with Crippen LogP contribution in [0.3, 0.4) is 0 Å². The molecule has 3 aliphatic rings. The maximum absolute atomic E-state index is 13.7. The SMILES string of the molecule is CCC[C@@]1(C2CCN(C(=O)c3scc4c3CCCC4)CC2)NC(=O)N(CCc2ccccn2)C1=O. The van der Waals surface area contributed by atoms with Crippen molar-refractivity contribution in [3.05, 3.63) is 51.5 Å². The number of amides is 4. The molecule has 0 radical (unpaired) electrons. The number of hydrogen-bond acceptors (Lipinski definition) is 5. The summed E-state index contributed by atoms with van der Waals surface area (Å²) >= 11 is 1.59. The molecule has 0 saturated carbocycles. The van der Waals surface area contributed by atoms with Crippen LogP contribution in [-0.2, 0) is 24.1 Å². The summed E-state index contributed by atoms with van der Waals surface area (Å²) in [7, 11) is 0. The zero-order chi connectivity index (χ0) is 24.4. The van der Waals surface area contributed by atoms with E-state index in [0.717, 1.165) is 49.1 Å². The molecule has 0 spiro atoms. The highest BCUT2D eigenvalue weighted by Crippen LogP contribution is 2.38. The highest BCUT2D eigenvalue weighted by molar-refractivity contribution is 7.12. The number of imide groups is 1. The van der Waals surface area contributed by atoms with E-state index in [9.17, 15) is 14.4 Å². The molecule has 1 aliphatic carbocycles. The van der Waals surface area contributed by atoms with Crippen LogP contribution in [0.15, 0.2) is 29.8 Å². The number of pyridine rings is 1. The van der Waals surface area contributed by atoms with Crippen molar-refractivity contribution < 1.29 is 14.4 Å². The van der Waals surface area contributed by atoms with Crippen molar-refractivity contribution >= 4 is 29.2 Å². The standard InChI is InChI=1S/C27H34N4O3S/c1-2-13-27(25(33)31(26(34)29-27)17-12-21-8-5-6-14-28-21)20-10-15-30(16-11-20)24(32)23-22-9-4-3-7-19(22)18-35-23/h5-6,8,14,18,20H,2-4,7,9-13,15-17H2,1H3,(H,29,34)/t27-/m0/s1. The van der Waals surface area contributed by atoms with Crippen LogP contribution in [0.5, 0.6) is 0 Å². The van der Waals surface area contributed by atoms with Crippen LogP contribution in [0, 0.1) is 5.92 Å². The Kier molecular flexibility index (Phi) is 6.91. The lowest BCUT2D eigenvalue weighted by Crippen LogP contribution is -2.56. The van der Waals surface area contributed by atoms with Gasteiger partial charge in [0.2, 0.25) is 0 Å². The molecule has 1 N–H and O–H groups in total. The van der Waals surface area contributed by atoms with Gasteiger partial charge in [0.15, 0.2) is 0 Å². The largest absolute Gasteiger partial charge is 0.338 e. The van der Waals surface area contributed by atoms with E-state index < -0.39 is 5.54 Å². The summed E-state index contributed by atoms with van der Waals surface area (Å²) in [6.07, 6.45) is 9.59. The van der Waals surface area contributed by atoms with Crippen LogP contribution in [0.1, 0.15) is 71.9 Å². The third-order valence-electron chi connectivity index (χ3n) is 7.94. The van der Waals surface area contributed by atoms with Crippen LogP contribution in [0.2, 0.25) is 0 Å². The second-order valence-corrected chi connectivity index (χ2v) is 10.9. The van der Waals surface area contributed by atoms with E-state index in [0.29, 0.717) is 32.5 Å². The number of aromatic nitrogens is 1. The zero-order valence-corrected chi connectivity index (χ0v) is 21.2. The fraction of sp³-hybridized carbons (Fsp3) is 0.556. The quantitative estimate of drug-likeness (QED) is 0.585. The number of thiophene rings is 1. The fourth-order valence-corrected chi connectivity index (χ4v) is 7.21. The van der Waals surface area contributed by atoms with Gasteiger partial charge in [-0.2, -0.15) is 0 Å². The molecule has 186 valence electrons. The van der Waals surface area contributed by atoms with E-state index in [4.69, 9.17) is 0 Å². The minimum absolute atomic E-state index is 0.0278. The smallest absolute Gasteiger partial charge is 0.325 e. The monoisotopic (exact) mass is 494 g/mol. The van der Waals surface area contributed by atoms with E-state index in [1.807, 2.05) is 23.1 Å². The predicted octanol–water partition coefficient (Wildman–Crippen LogP) is 4.21. The number of piperidine rings is 1. The molecule has 7 nitrogen and oxygen atoms in total. The molecule has 0 aromatic carbocycles. The molecule has 2 aromatic rings. The van der Waals surface area contributed by atoms with Gasteiger partial charge in [0.05, 0.1) is 4.88 Å². The van der Waals surface area contributed by atoms with E-state index >= 15 is 0 Å². The topological polar surface area (TPSA) is 82.6 Å². The third-order valence-corrected chi connectivity index (χ3v) is 9.00. The van der Waals surface area contributed by atoms with Crippen molar-refractivity contribution in [2.45, 2.75) is 70.3 Å². The number of carbonyl (C=O) groups is 3. The summed E-state index contributed by atoms with van der Waals surface area (Å²) in [6, 6.07) is 5.38. The number of carbonyl (C=O) groups excluding carboxylic acids is 3. The second kappa shape index (κ2) is 10.1. The molecule has 8 heteroatoms. The average molecular weight is 495 g/mol. The van der Waals surface area contributed by atoms with Gasteiger partial charge in [0, 0.05) is 37.9 Å². The molecule has 2 saturated heterocycles. The van der Waals surface area contributed by atoms with Crippen LogP contribution in [-0.4, -0.2) is 57.8 Å². The maximum atomic E-state index is 13.7. The minimum atomic E-state index is -0.868. The Labute approximate surface area is 210 Å². The second-order valence-electron chi connectivity index (χ2n) is 10.0. The summed E-state index contributed by atoms with van der Waals surface area (Å²) in [6.45, 7) is 3.63. The lowest BCUT2D eigenvalue weighted by Gasteiger charge is -2.41. The van der Waals surface area contributed by atoms with Gasteiger partial charge in [-0.25, -0.2) is 4.79 Å². The van der Waals surface area contributed by atoms with Crippen molar-refractivity contribution in [1.29, 1.82) is 0 Å². The highest BCUT2D eigenvalue weighted by atomic mass is 32.1. The van der Waals surface area contributed by atoms with E-state index in [-0.39, 0.29) is 23.8 Å². The fourth-order valence-electron chi connectivity index (χ4n) is 6.08. The van der Waals surface area contributed by atoms with Crippen LogP contribution in [0.25, 0.3) is 0 Å². The molecule has 35 heavy (non-hydrogen) atoms. The van der Waals surface area contributed by atoms with Crippen LogP contribution < -0.4 is 5.32 Å². The molecular formula is C27H34N4O3S. The highest BCUT2D eigenvalue weighted by Gasteiger charge is 2.55. The predicted molar refractivity (Wildman–Crippen MR) is 135 cm³/mol. The first kappa shape index (κ1) is 24.0. The molecule has 5 rings (SSSR count). The molecule has 2 fully saturated rings. The normalized spacial score (nSPS) is 22.9. The van der Waals surface area contributed by atoms with Crippen molar-refractivity contribution in [3.63, 3.8) is 0 Å². The Morgan fingerprint density at radius 3 is 2.74 bits per heavy atom. The Bertz CT molecular complexity index is 1090. The van der Waals surface area contributed by atoms with Gasteiger partial charge in [-0.1, -0.05) is 19.4 Å². The number of rotatable bonds is 7. The molecule has 1 atom stereocenters. The third kappa shape index (κ3) is 4.48. The number of aryl methyl sites for hydroxylation is 1. The van der Waals surface area contributed by atoms with Gasteiger partial charge >= 0.3 is 6.03 Å². The first-order chi connectivity index (χ1) is 17.0. The van der Waals surface area contributed by atoms with Crippen molar-refractivity contribution in [1.82, 2.24) is 20.1 Å². The molecule has 0 bridgehead atoms. The Balaban J connectivity index is 1.26. The van der Waals surface area contributed by atoms with Gasteiger partial charge in [-0.3, -0.25) is 19.5 Å². The van der Waals surface area contributed by atoms with E-state index in [2.05, 4.69) is 22.6 Å². The summed E-state index contributed by atoms with van der Waals surface area (Å²) in [5, 5.41) is 5.27. The van der Waals surface area contributed by atoms with Crippen LogP contribution in [0.4, 0.5) is 4.79 Å². The number of fused-ring (bicyclic) bond motifs is 1. The summed E-state index contributed by atoms with van der Waals surface area (Å²) in [4.78, 5) is 48.5. The van der Waals surface area contributed by atoms with E-state index in [1.54, 1.807) is 17.5 Å². The number of hydrogen-bond donors (Lipinski definition) is 1. The van der Waals surface area contributed by atoms with Gasteiger partial charge in [0.25, 0.3) is 11.8 Å². The van der Waals surface area contributed by atoms with E-state index in [1.165, 1.54) is 22.4 Å². The van der Waals surface area contributed by atoms with Crippen LogP contribution >= 0.6 is 11.3 Å². The first-order valence-corrected chi connectivity index (χ1v) is 13.8. The van der Waals surface area contributed by atoms with Crippen molar-refractivity contribution in [3.8, 4) is 0 Å². The molecule has 4 amide bonds. The molecule has 2 aliphatic heterocycles. The maximum Gasteiger partial charge on any atom is 0.325 e. The number of likely N-dealkylation sites (tertiary alicyclic amines) is 1. The van der Waals surface area contributed by atoms with Gasteiger partial charge in [-0.05, 0) is 79.5 Å². The molecule has 2 aromatic heterocycles.